The highest BCUT2D eigenvalue weighted by atomic mass is 32.1. The van der Waals surface area contributed by atoms with Gasteiger partial charge in [-0.3, -0.25) is 0 Å². The summed E-state index contributed by atoms with van der Waals surface area (Å²) < 4.78 is 0. The van der Waals surface area contributed by atoms with Gasteiger partial charge in [-0.15, -0.1) is 11.3 Å². The summed E-state index contributed by atoms with van der Waals surface area (Å²) in [7, 11) is 2.29. The highest BCUT2D eigenvalue weighted by Crippen LogP contribution is 2.26. The van der Waals surface area contributed by atoms with E-state index in [9.17, 15) is 0 Å². The lowest BCUT2D eigenvalue weighted by molar-refractivity contribution is 0.171. The number of nitrogens with zero attached hydrogens (tertiary/aromatic N) is 1. The first-order valence-corrected chi connectivity index (χ1v) is 8.07. The van der Waals surface area contributed by atoms with Gasteiger partial charge in [-0.2, -0.15) is 0 Å². The standard InChI is InChI=1S/C15H26N2S/c1-13-5-7-14(8-6-13)17(2)10-9-16-12-15-4-3-11-18-15/h3-4,11,13-14,16H,5-10,12H2,1-2H3. The van der Waals surface area contributed by atoms with E-state index in [-0.39, 0.29) is 0 Å². The van der Waals surface area contributed by atoms with Crippen LogP contribution >= 0.6 is 11.3 Å². The molecule has 1 aromatic heterocycles. The van der Waals surface area contributed by atoms with E-state index in [2.05, 4.69) is 41.7 Å². The molecule has 0 aromatic carbocycles. The van der Waals surface area contributed by atoms with E-state index >= 15 is 0 Å². The summed E-state index contributed by atoms with van der Waals surface area (Å²) in [6, 6.07) is 5.14. The number of rotatable bonds is 6. The van der Waals surface area contributed by atoms with E-state index in [0.29, 0.717) is 0 Å². The van der Waals surface area contributed by atoms with Crippen molar-refractivity contribution in [3.63, 3.8) is 0 Å². The molecule has 1 aliphatic rings. The van der Waals surface area contributed by atoms with Crippen LogP contribution in [0.5, 0.6) is 0 Å². The summed E-state index contributed by atoms with van der Waals surface area (Å²) in [4.78, 5) is 3.98. The van der Waals surface area contributed by atoms with Gasteiger partial charge in [0, 0.05) is 30.6 Å². The Labute approximate surface area is 115 Å². The minimum Gasteiger partial charge on any atom is -0.311 e. The molecular formula is C15H26N2S. The molecule has 2 rings (SSSR count). The summed E-state index contributed by atoms with van der Waals surface area (Å²) in [5.74, 6) is 0.951. The molecule has 2 nitrogen and oxygen atoms in total. The second-order valence-corrected chi connectivity index (χ2v) is 6.68. The van der Waals surface area contributed by atoms with Crippen LogP contribution in [0, 0.1) is 5.92 Å². The number of hydrogen-bond acceptors (Lipinski definition) is 3. The normalized spacial score (nSPS) is 24.6. The van der Waals surface area contributed by atoms with E-state index < -0.39 is 0 Å². The maximum atomic E-state index is 3.54. The van der Waals surface area contributed by atoms with Crippen molar-refractivity contribution in [3.8, 4) is 0 Å². The summed E-state index contributed by atoms with van der Waals surface area (Å²) in [5, 5.41) is 5.68. The first-order valence-electron chi connectivity index (χ1n) is 7.19. The first kappa shape index (κ1) is 14.0. The lowest BCUT2D eigenvalue weighted by Gasteiger charge is -2.33. The molecule has 0 amide bonds. The summed E-state index contributed by atoms with van der Waals surface area (Å²) >= 11 is 1.83. The molecule has 0 aliphatic heterocycles. The van der Waals surface area contributed by atoms with Crippen LogP contribution in [0.4, 0.5) is 0 Å². The smallest absolute Gasteiger partial charge is 0.0300 e. The summed E-state index contributed by atoms with van der Waals surface area (Å²) in [6.45, 7) is 5.68. The topological polar surface area (TPSA) is 15.3 Å². The Morgan fingerprint density at radius 3 is 2.78 bits per heavy atom. The average Bonchev–Trinajstić information content (AvgIpc) is 2.88. The van der Waals surface area contributed by atoms with Gasteiger partial charge in [-0.1, -0.05) is 13.0 Å². The van der Waals surface area contributed by atoms with Gasteiger partial charge >= 0.3 is 0 Å². The molecule has 0 atom stereocenters. The van der Waals surface area contributed by atoms with Crippen LogP contribution < -0.4 is 5.32 Å². The molecule has 1 heterocycles. The van der Waals surface area contributed by atoms with Crippen molar-refractivity contribution in [2.75, 3.05) is 20.1 Å². The third-order valence-corrected chi connectivity index (χ3v) is 5.01. The van der Waals surface area contributed by atoms with Gasteiger partial charge in [0.1, 0.15) is 0 Å². The Balaban J connectivity index is 1.58. The maximum absolute atomic E-state index is 3.54. The first-order chi connectivity index (χ1) is 8.75. The van der Waals surface area contributed by atoms with Crippen molar-refractivity contribution in [2.45, 2.75) is 45.2 Å². The zero-order valence-electron chi connectivity index (χ0n) is 11.7. The van der Waals surface area contributed by atoms with E-state index in [1.807, 2.05) is 11.3 Å². The molecule has 3 heteroatoms. The van der Waals surface area contributed by atoms with Gasteiger partial charge in [-0.25, -0.2) is 0 Å². The van der Waals surface area contributed by atoms with Crippen molar-refractivity contribution >= 4 is 11.3 Å². The number of likely N-dealkylation sites (N-methyl/N-ethyl adjacent to an activating group) is 1. The Kier molecular flexibility index (Phi) is 5.67. The van der Waals surface area contributed by atoms with Crippen LogP contribution in [0.25, 0.3) is 0 Å². The molecule has 1 aromatic rings. The van der Waals surface area contributed by atoms with Crippen molar-refractivity contribution in [3.05, 3.63) is 22.4 Å². The molecule has 0 bridgehead atoms. The highest BCUT2D eigenvalue weighted by Gasteiger charge is 2.20. The summed E-state index contributed by atoms with van der Waals surface area (Å²) in [6.07, 6.45) is 5.61. The molecule has 102 valence electrons. The Morgan fingerprint density at radius 2 is 2.11 bits per heavy atom. The second kappa shape index (κ2) is 7.27. The van der Waals surface area contributed by atoms with E-state index in [0.717, 1.165) is 25.0 Å². The third-order valence-electron chi connectivity index (χ3n) is 4.13. The predicted octanol–water partition coefficient (Wildman–Crippen LogP) is 3.35. The van der Waals surface area contributed by atoms with E-state index in [1.165, 1.54) is 37.1 Å². The highest BCUT2D eigenvalue weighted by molar-refractivity contribution is 7.09. The Bertz CT molecular complexity index is 315. The summed E-state index contributed by atoms with van der Waals surface area (Å²) in [5.41, 5.74) is 0. The fraction of sp³-hybridized carbons (Fsp3) is 0.733. The molecule has 1 N–H and O–H groups in total. The number of thiophene rings is 1. The van der Waals surface area contributed by atoms with Crippen LogP contribution in [0.3, 0.4) is 0 Å². The molecule has 0 radical (unpaired) electrons. The molecule has 0 unspecified atom stereocenters. The minimum atomic E-state index is 0.824. The fourth-order valence-corrected chi connectivity index (χ4v) is 3.42. The molecule has 1 aliphatic carbocycles. The lowest BCUT2D eigenvalue weighted by atomic mass is 9.87. The van der Waals surface area contributed by atoms with Crippen LogP contribution in [0.15, 0.2) is 17.5 Å². The molecule has 1 saturated carbocycles. The Hall–Kier alpha value is -0.380. The van der Waals surface area contributed by atoms with Crippen LogP contribution in [-0.2, 0) is 6.54 Å². The van der Waals surface area contributed by atoms with Crippen LogP contribution in [0.2, 0.25) is 0 Å². The van der Waals surface area contributed by atoms with Gasteiger partial charge < -0.3 is 10.2 Å². The van der Waals surface area contributed by atoms with Crippen LogP contribution in [0.1, 0.15) is 37.5 Å². The van der Waals surface area contributed by atoms with Crippen molar-refractivity contribution < 1.29 is 0 Å². The molecular weight excluding hydrogens is 240 g/mol. The largest absolute Gasteiger partial charge is 0.311 e. The number of nitrogens with one attached hydrogen (secondary N) is 1. The quantitative estimate of drug-likeness (QED) is 0.794. The number of hydrogen-bond donors (Lipinski definition) is 1. The van der Waals surface area contributed by atoms with Gasteiger partial charge in [0.05, 0.1) is 0 Å². The SMILES string of the molecule is CC1CCC(N(C)CCNCc2cccs2)CC1. The lowest BCUT2D eigenvalue weighted by Crippen LogP contribution is -2.38. The van der Waals surface area contributed by atoms with Crippen molar-refractivity contribution in [1.29, 1.82) is 0 Å². The van der Waals surface area contributed by atoms with Gasteiger partial charge in [0.15, 0.2) is 0 Å². The van der Waals surface area contributed by atoms with Crippen molar-refractivity contribution in [2.24, 2.45) is 5.92 Å². The van der Waals surface area contributed by atoms with E-state index in [1.54, 1.807) is 0 Å². The van der Waals surface area contributed by atoms with Gasteiger partial charge in [-0.05, 0) is 50.1 Å². The predicted molar refractivity (Wildman–Crippen MR) is 80.1 cm³/mol. The van der Waals surface area contributed by atoms with E-state index in [4.69, 9.17) is 0 Å². The third kappa shape index (κ3) is 4.38. The van der Waals surface area contributed by atoms with Gasteiger partial charge in [0.25, 0.3) is 0 Å². The van der Waals surface area contributed by atoms with Gasteiger partial charge in [0.2, 0.25) is 0 Å². The zero-order chi connectivity index (χ0) is 12.8. The fourth-order valence-electron chi connectivity index (χ4n) is 2.75. The average molecular weight is 266 g/mol. The second-order valence-electron chi connectivity index (χ2n) is 5.65. The van der Waals surface area contributed by atoms with Crippen LogP contribution in [-0.4, -0.2) is 31.1 Å². The molecule has 0 spiro atoms. The van der Waals surface area contributed by atoms with Crippen molar-refractivity contribution in [1.82, 2.24) is 10.2 Å². The maximum Gasteiger partial charge on any atom is 0.0300 e. The Morgan fingerprint density at radius 1 is 1.33 bits per heavy atom. The molecule has 18 heavy (non-hydrogen) atoms. The minimum absolute atomic E-state index is 0.824. The zero-order valence-corrected chi connectivity index (χ0v) is 12.5. The monoisotopic (exact) mass is 266 g/mol. The molecule has 0 saturated heterocycles. The molecule has 1 fully saturated rings.